The van der Waals surface area contributed by atoms with E-state index in [0.717, 1.165) is 57.8 Å². The molecule has 0 unspecified atom stereocenters. The lowest BCUT2D eigenvalue weighted by molar-refractivity contribution is -0.190. The summed E-state index contributed by atoms with van der Waals surface area (Å²) in [5, 5.41) is 14.8. The van der Waals surface area contributed by atoms with Gasteiger partial charge in [0.1, 0.15) is 18.3 Å². The predicted octanol–water partition coefficient (Wildman–Crippen LogP) is 13.7. The summed E-state index contributed by atoms with van der Waals surface area (Å²) < 4.78 is 24.7. The zero-order chi connectivity index (χ0) is 49.6. The van der Waals surface area contributed by atoms with Gasteiger partial charge in [0.25, 0.3) is 0 Å². The van der Waals surface area contributed by atoms with Gasteiger partial charge in [-0.1, -0.05) is 167 Å². The van der Waals surface area contributed by atoms with Crippen molar-refractivity contribution in [2.24, 2.45) is 0 Å². The van der Waals surface area contributed by atoms with Gasteiger partial charge in [-0.3, -0.25) is 14.4 Å². The molecule has 2 aromatic carbocycles. The number of aryl methyl sites for hydroxylation is 4. The summed E-state index contributed by atoms with van der Waals surface area (Å²) in [7, 11) is -2.18. The van der Waals surface area contributed by atoms with E-state index in [1.54, 1.807) is 0 Å². The number of rotatable bonds is 36. The largest absolute Gasteiger partial charge is 0.462 e. The Hall–Kier alpha value is -3.05. The summed E-state index contributed by atoms with van der Waals surface area (Å²) in [6.45, 7) is 17.7. The molecule has 2 N–H and O–H groups in total. The molecule has 0 saturated carbocycles. The number of unbranched alkanes of at least 4 members (excludes halogenated alkanes) is 14. The number of carbonyl (C=O) groups excluding carboxylic acids is 3. The molecule has 3 rings (SSSR count). The molecular weight excluding hydrogens is 867 g/mol. The fourth-order valence-electron chi connectivity index (χ4n) is 8.71. The fraction of sp³-hybridized carbons (Fsp3) is 0.741. The summed E-state index contributed by atoms with van der Waals surface area (Å²) in [6, 6.07) is 16.9. The Morgan fingerprint density at radius 1 is 0.647 bits per heavy atom. The van der Waals surface area contributed by atoms with E-state index < -0.39 is 44.7 Å². The molecule has 0 radical (unpaired) electrons. The van der Waals surface area contributed by atoms with Crippen molar-refractivity contribution in [1.29, 1.82) is 0 Å². The van der Waals surface area contributed by atoms with Crippen LogP contribution in [0.1, 0.15) is 211 Å². The van der Waals surface area contributed by atoms with E-state index in [4.69, 9.17) is 18.6 Å². The average Bonchev–Trinajstić information content (AvgIpc) is 3.30. The van der Waals surface area contributed by atoms with Gasteiger partial charge in [0.2, 0.25) is 5.91 Å². The highest BCUT2D eigenvalue weighted by atomic mass is 28.4. The van der Waals surface area contributed by atoms with Crippen molar-refractivity contribution >= 4 is 26.2 Å². The van der Waals surface area contributed by atoms with Gasteiger partial charge >= 0.3 is 11.9 Å². The number of benzene rings is 2. The van der Waals surface area contributed by atoms with Gasteiger partial charge in [-0.25, -0.2) is 0 Å². The van der Waals surface area contributed by atoms with E-state index in [1.165, 1.54) is 99.3 Å². The molecule has 5 atom stereocenters. The highest BCUT2D eigenvalue weighted by Gasteiger charge is 2.45. The highest BCUT2D eigenvalue weighted by Crippen LogP contribution is 2.37. The third-order valence-electron chi connectivity index (χ3n) is 14.3. The highest BCUT2D eigenvalue weighted by molar-refractivity contribution is 6.74. The van der Waals surface area contributed by atoms with Crippen molar-refractivity contribution in [3.05, 3.63) is 70.8 Å². The monoisotopic (exact) mass is 964 g/mol. The second kappa shape index (κ2) is 33.5. The molecule has 0 spiro atoms. The Morgan fingerprint density at radius 3 is 1.54 bits per heavy atom. The lowest BCUT2D eigenvalue weighted by Crippen LogP contribution is -2.62. The molecule has 386 valence electrons. The topological polar surface area (TPSA) is 120 Å². The van der Waals surface area contributed by atoms with Crippen LogP contribution < -0.4 is 5.32 Å². The molecular formula is C58H97NO8Si. The average molecular weight is 964 g/mol. The maximum Gasteiger partial charge on any atom is 0.306 e. The number of aliphatic hydroxyl groups excluding tert-OH is 1. The molecule has 1 amide bonds. The van der Waals surface area contributed by atoms with Gasteiger partial charge in [-0.05, 0) is 117 Å². The van der Waals surface area contributed by atoms with Gasteiger partial charge in [0, 0.05) is 12.8 Å². The van der Waals surface area contributed by atoms with Crippen LogP contribution in [0.5, 0.6) is 0 Å². The van der Waals surface area contributed by atoms with Gasteiger partial charge in [0.05, 0.1) is 25.7 Å². The quantitative estimate of drug-likeness (QED) is 0.0394. The maximum absolute atomic E-state index is 13.9. The smallest absolute Gasteiger partial charge is 0.306 e. The minimum atomic E-state index is -2.18. The Balaban J connectivity index is 1.61. The van der Waals surface area contributed by atoms with Crippen LogP contribution in [0.4, 0.5) is 0 Å². The van der Waals surface area contributed by atoms with Crippen molar-refractivity contribution in [3.8, 4) is 0 Å². The number of aliphatic hydroxyl groups is 1. The first kappa shape index (κ1) is 59.3. The Labute approximate surface area is 415 Å². The third-order valence-corrected chi connectivity index (χ3v) is 18.9. The number of ether oxygens (including phenoxy) is 3. The first-order chi connectivity index (χ1) is 32.6. The van der Waals surface area contributed by atoms with E-state index in [0.29, 0.717) is 25.7 Å². The molecule has 1 aliphatic heterocycles. The number of carbonyl (C=O) groups is 3. The number of nitrogens with one attached hydrogen (secondary N) is 1. The molecule has 2 aromatic rings. The summed E-state index contributed by atoms with van der Waals surface area (Å²) in [6.07, 6.45) is 22.5. The molecule has 10 heteroatoms. The van der Waals surface area contributed by atoms with Crippen LogP contribution in [0.3, 0.4) is 0 Å². The Kier molecular flexibility index (Phi) is 29.2. The maximum atomic E-state index is 13.9. The van der Waals surface area contributed by atoms with E-state index in [9.17, 15) is 19.5 Å². The minimum Gasteiger partial charge on any atom is -0.462 e. The van der Waals surface area contributed by atoms with Gasteiger partial charge in [-0.15, -0.1) is 0 Å². The Bertz CT molecular complexity index is 1660. The lowest BCUT2D eigenvalue weighted by atomic mass is 9.97. The van der Waals surface area contributed by atoms with Gasteiger partial charge < -0.3 is 29.1 Å². The van der Waals surface area contributed by atoms with Crippen molar-refractivity contribution in [2.45, 2.75) is 263 Å². The van der Waals surface area contributed by atoms with Crippen LogP contribution in [0.25, 0.3) is 0 Å². The van der Waals surface area contributed by atoms with E-state index in [2.05, 4.69) is 108 Å². The van der Waals surface area contributed by atoms with Crippen LogP contribution >= 0.6 is 0 Å². The molecule has 1 saturated heterocycles. The first-order valence-corrected chi connectivity index (χ1v) is 30.3. The lowest BCUT2D eigenvalue weighted by Gasteiger charge is -2.42. The van der Waals surface area contributed by atoms with Crippen LogP contribution in [0.2, 0.25) is 18.1 Å². The molecule has 1 heterocycles. The second-order valence-corrected chi connectivity index (χ2v) is 26.3. The minimum absolute atomic E-state index is 0.0156. The SMILES string of the molecule is CCCCCCCCCCC[C@H](CC(=O)N[C@H]1CO[C@H](CO[Si](C)(C)C(C)(C)C)[C@@H](O)[C@@H]1OC(=O)CCCCc1ccc(CCCCC)cc1)OC(=O)CCCCc1ccc(CCCCC)cc1. The third kappa shape index (κ3) is 24.2. The summed E-state index contributed by atoms with van der Waals surface area (Å²) >= 11 is 0. The van der Waals surface area contributed by atoms with Crippen molar-refractivity contribution < 1.29 is 38.1 Å². The number of esters is 2. The standard InChI is InChI=1S/C58H97NO8Si/c1-9-12-15-16-17-18-19-20-23-32-50(66-54(61)33-26-24-30-48-39-35-46(36-40-48)28-21-13-10-2)43-53(60)59-51-44-64-52(45-65-68(7,8)58(4,5)6)56(63)57(51)67-55(62)34-27-25-31-49-41-37-47(38-42-49)29-22-14-11-3/h35-42,50-52,56-57,63H,9-34,43-45H2,1-8H3,(H,59,60)/t50-,51+,52-,56-,57-/m1/s1. The van der Waals surface area contributed by atoms with Crippen molar-refractivity contribution in [3.63, 3.8) is 0 Å². The zero-order valence-electron chi connectivity index (χ0n) is 44.3. The van der Waals surface area contributed by atoms with Gasteiger partial charge in [0.15, 0.2) is 14.4 Å². The molecule has 68 heavy (non-hydrogen) atoms. The molecule has 0 aliphatic carbocycles. The van der Waals surface area contributed by atoms with Crippen LogP contribution in [0, 0.1) is 0 Å². The van der Waals surface area contributed by atoms with Crippen molar-refractivity contribution in [1.82, 2.24) is 5.32 Å². The van der Waals surface area contributed by atoms with Crippen molar-refractivity contribution in [2.75, 3.05) is 13.2 Å². The molecule has 9 nitrogen and oxygen atoms in total. The number of hydrogen-bond acceptors (Lipinski definition) is 8. The summed E-state index contributed by atoms with van der Waals surface area (Å²) in [5.74, 6) is -1.02. The van der Waals surface area contributed by atoms with Gasteiger partial charge in [-0.2, -0.15) is 0 Å². The second-order valence-electron chi connectivity index (χ2n) is 21.5. The molecule has 1 fully saturated rings. The first-order valence-electron chi connectivity index (χ1n) is 27.4. The molecule has 0 bridgehead atoms. The van der Waals surface area contributed by atoms with Crippen LogP contribution in [-0.4, -0.2) is 74.9 Å². The predicted molar refractivity (Wildman–Crippen MR) is 281 cm³/mol. The number of hydrogen-bond donors (Lipinski definition) is 2. The molecule has 0 aromatic heterocycles. The fourth-order valence-corrected chi connectivity index (χ4v) is 9.73. The normalized spacial score (nSPS) is 18.0. The Morgan fingerprint density at radius 2 is 1.07 bits per heavy atom. The van der Waals surface area contributed by atoms with E-state index in [1.807, 2.05) is 0 Å². The van der Waals surface area contributed by atoms with E-state index in [-0.39, 0.29) is 43.0 Å². The van der Waals surface area contributed by atoms with Crippen LogP contribution in [-0.2, 0) is 58.7 Å². The summed E-state index contributed by atoms with van der Waals surface area (Å²) in [4.78, 5) is 40.6. The molecule has 1 aliphatic rings. The zero-order valence-corrected chi connectivity index (χ0v) is 45.3. The van der Waals surface area contributed by atoms with E-state index >= 15 is 0 Å². The van der Waals surface area contributed by atoms with Crippen LogP contribution in [0.15, 0.2) is 48.5 Å². The number of amides is 1. The summed E-state index contributed by atoms with van der Waals surface area (Å²) in [5.41, 5.74) is 5.27.